The Morgan fingerprint density at radius 3 is 2.43 bits per heavy atom. The van der Waals surface area contributed by atoms with Crippen LogP contribution >= 0.6 is 11.8 Å². The third kappa shape index (κ3) is 3.96. The van der Waals surface area contributed by atoms with Gasteiger partial charge in [0, 0.05) is 12.6 Å². The first-order valence-electron chi connectivity index (χ1n) is 11.0. The second kappa shape index (κ2) is 7.91. The number of aromatic nitrogens is 3. The third-order valence-electron chi connectivity index (χ3n) is 7.06. The van der Waals surface area contributed by atoms with Crippen LogP contribution in [0.15, 0.2) is 35.5 Å². The summed E-state index contributed by atoms with van der Waals surface area (Å²) in [6.45, 7) is 1.96. The minimum atomic E-state index is -0.222. The van der Waals surface area contributed by atoms with Crippen LogP contribution in [0, 0.1) is 17.8 Å². The van der Waals surface area contributed by atoms with Gasteiger partial charge in [0.05, 0.1) is 5.75 Å². The Labute approximate surface area is 182 Å². The van der Waals surface area contributed by atoms with E-state index >= 15 is 0 Å². The van der Waals surface area contributed by atoms with Gasteiger partial charge in [0.15, 0.2) is 17.1 Å². The maximum Gasteiger partial charge on any atom is 0.230 e. The summed E-state index contributed by atoms with van der Waals surface area (Å²) in [5.41, 5.74) is 0.0650. The summed E-state index contributed by atoms with van der Waals surface area (Å²) >= 11 is 1.45. The molecule has 2 aromatic rings. The van der Waals surface area contributed by atoms with Crippen molar-refractivity contribution < 1.29 is 9.53 Å². The molecule has 4 saturated carbocycles. The van der Waals surface area contributed by atoms with Crippen molar-refractivity contribution in [2.45, 2.75) is 62.2 Å². The van der Waals surface area contributed by atoms with Crippen LogP contribution < -0.4 is 10.1 Å². The molecule has 1 heterocycles. The van der Waals surface area contributed by atoms with Gasteiger partial charge in [0.2, 0.25) is 5.91 Å². The van der Waals surface area contributed by atoms with Crippen LogP contribution in [0.2, 0.25) is 0 Å². The number of hydrogen-bond acceptors (Lipinski definition) is 5. The summed E-state index contributed by atoms with van der Waals surface area (Å²) in [5.74, 6) is 4.55. The van der Waals surface area contributed by atoms with E-state index in [4.69, 9.17) is 4.74 Å². The molecule has 0 spiro atoms. The van der Waals surface area contributed by atoms with Gasteiger partial charge in [-0.3, -0.25) is 4.79 Å². The molecule has 0 aliphatic heterocycles. The average molecular weight is 427 g/mol. The second-order valence-electron chi connectivity index (χ2n) is 9.51. The Hall–Kier alpha value is -2.02. The molecule has 4 aliphatic rings. The summed E-state index contributed by atoms with van der Waals surface area (Å²) in [7, 11) is 1.93. The lowest BCUT2D eigenvalue weighted by atomic mass is 9.53. The summed E-state index contributed by atoms with van der Waals surface area (Å²) in [6, 6.07) is 9.71. The highest BCUT2D eigenvalue weighted by molar-refractivity contribution is 7.99. The molecule has 6 nitrogen and oxygen atoms in total. The molecule has 1 N–H and O–H groups in total. The standard InChI is InChI=1S/C23H30N4O2S/c1-15(29-19-6-4-3-5-7-19)21-25-26-22(27(21)2)30-14-20(28)24-23-11-16-8-17(12-23)10-18(9-16)13-23/h3-7,15-18H,8-14H2,1-2H3,(H,24,28)/t15-,16?,17?,18?,23?/m0/s1. The zero-order chi connectivity index (χ0) is 20.7. The first kappa shape index (κ1) is 19.9. The smallest absolute Gasteiger partial charge is 0.230 e. The lowest BCUT2D eigenvalue weighted by Gasteiger charge is -2.56. The Balaban J connectivity index is 1.17. The fourth-order valence-electron chi connectivity index (χ4n) is 6.29. The predicted octanol–water partition coefficient (Wildman–Crippen LogP) is 4.13. The quantitative estimate of drug-likeness (QED) is 0.674. The molecule has 4 bridgehead atoms. The monoisotopic (exact) mass is 426 g/mol. The maximum absolute atomic E-state index is 12.8. The van der Waals surface area contributed by atoms with Crippen molar-refractivity contribution in [1.29, 1.82) is 0 Å². The SMILES string of the molecule is C[C@H](Oc1ccccc1)c1nnc(SCC(=O)NC23CC4CC(CC(C4)C2)C3)n1C. The van der Waals surface area contributed by atoms with Crippen molar-refractivity contribution in [3.63, 3.8) is 0 Å². The van der Waals surface area contributed by atoms with E-state index in [1.54, 1.807) is 0 Å². The molecule has 7 heteroatoms. The molecule has 4 aliphatic carbocycles. The van der Waals surface area contributed by atoms with E-state index in [0.29, 0.717) is 5.75 Å². The topological polar surface area (TPSA) is 69.0 Å². The van der Waals surface area contributed by atoms with Crippen LogP contribution in [0.3, 0.4) is 0 Å². The lowest BCUT2D eigenvalue weighted by Crippen LogP contribution is -2.60. The normalized spacial score (nSPS) is 30.3. The molecule has 1 aromatic heterocycles. The van der Waals surface area contributed by atoms with Crippen LogP contribution in [0.1, 0.15) is 57.4 Å². The second-order valence-corrected chi connectivity index (χ2v) is 10.5. The van der Waals surface area contributed by atoms with Gasteiger partial charge in [-0.05, 0) is 75.3 Å². The van der Waals surface area contributed by atoms with Crippen molar-refractivity contribution in [2.24, 2.45) is 24.8 Å². The summed E-state index contributed by atoms with van der Waals surface area (Å²) < 4.78 is 7.89. The number of benzene rings is 1. The zero-order valence-corrected chi connectivity index (χ0v) is 18.5. The first-order valence-corrected chi connectivity index (χ1v) is 12.0. The Kier molecular flexibility index (Phi) is 5.25. The Morgan fingerprint density at radius 2 is 1.80 bits per heavy atom. The van der Waals surface area contributed by atoms with Crippen LogP contribution in [-0.2, 0) is 11.8 Å². The van der Waals surface area contributed by atoms with Gasteiger partial charge in [-0.25, -0.2) is 0 Å². The van der Waals surface area contributed by atoms with E-state index < -0.39 is 0 Å². The van der Waals surface area contributed by atoms with Gasteiger partial charge >= 0.3 is 0 Å². The van der Waals surface area contributed by atoms with Crippen LogP contribution in [0.4, 0.5) is 0 Å². The van der Waals surface area contributed by atoms with Crippen molar-refractivity contribution >= 4 is 17.7 Å². The fourth-order valence-corrected chi connectivity index (χ4v) is 7.01. The summed E-state index contributed by atoms with van der Waals surface area (Å²) in [5, 5.41) is 12.8. The minimum Gasteiger partial charge on any atom is -0.483 e. The van der Waals surface area contributed by atoms with Gasteiger partial charge < -0.3 is 14.6 Å². The van der Waals surface area contributed by atoms with Gasteiger partial charge in [0.25, 0.3) is 0 Å². The largest absolute Gasteiger partial charge is 0.483 e. The Bertz CT molecular complexity index is 878. The molecule has 4 fully saturated rings. The van der Waals surface area contributed by atoms with Gasteiger partial charge in [-0.1, -0.05) is 30.0 Å². The zero-order valence-electron chi connectivity index (χ0n) is 17.7. The van der Waals surface area contributed by atoms with Crippen LogP contribution in [0.25, 0.3) is 0 Å². The number of carbonyl (C=O) groups excluding carboxylic acids is 1. The number of nitrogens with zero attached hydrogens (tertiary/aromatic N) is 3. The number of nitrogens with one attached hydrogen (secondary N) is 1. The lowest BCUT2D eigenvalue weighted by molar-refractivity contribution is -0.124. The molecular weight excluding hydrogens is 396 g/mol. The highest BCUT2D eigenvalue weighted by Gasteiger charge is 2.51. The Morgan fingerprint density at radius 1 is 1.17 bits per heavy atom. The number of ether oxygens (including phenoxy) is 1. The maximum atomic E-state index is 12.8. The number of carbonyl (C=O) groups is 1. The number of hydrogen-bond donors (Lipinski definition) is 1. The fraction of sp³-hybridized carbons (Fsp3) is 0.609. The minimum absolute atomic E-state index is 0.0650. The highest BCUT2D eigenvalue weighted by Crippen LogP contribution is 2.55. The van der Waals surface area contributed by atoms with E-state index in [1.165, 1.54) is 50.3 Å². The van der Waals surface area contributed by atoms with Crippen molar-refractivity contribution in [1.82, 2.24) is 20.1 Å². The number of thioether (sulfide) groups is 1. The number of amides is 1. The predicted molar refractivity (Wildman–Crippen MR) is 116 cm³/mol. The summed E-state index contributed by atoms with van der Waals surface area (Å²) in [4.78, 5) is 12.8. The van der Waals surface area contributed by atoms with E-state index in [-0.39, 0.29) is 17.6 Å². The summed E-state index contributed by atoms with van der Waals surface area (Å²) in [6.07, 6.45) is 7.46. The molecule has 6 rings (SSSR count). The molecule has 0 radical (unpaired) electrons. The van der Waals surface area contributed by atoms with E-state index in [0.717, 1.165) is 34.5 Å². The molecule has 0 saturated heterocycles. The number of para-hydroxylation sites is 1. The van der Waals surface area contributed by atoms with Crippen molar-refractivity contribution in [2.75, 3.05) is 5.75 Å². The molecule has 1 aromatic carbocycles. The van der Waals surface area contributed by atoms with Crippen molar-refractivity contribution in [3.8, 4) is 5.75 Å². The van der Waals surface area contributed by atoms with Gasteiger partial charge in [-0.2, -0.15) is 0 Å². The molecule has 0 unspecified atom stereocenters. The highest BCUT2D eigenvalue weighted by atomic mass is 32.2. The van der Waals surface area contributed by atoms with Crippen LogP contribution in [-0.4, -0.2) is 32.0 Å². The van der Waals surface area contributed by atoms with Crippen molar-refractivity contribution in [3.05, 3.63) is 36.2 Å². The van der Waals surface area contributed by atoms with E-state index in [9.17, 15) is 4.79 Å². The number of rotatable bonds is 7. The molecular formula is C23H30N4O2S. The molecule has 1 atom stereocenters. The third-order valence-corrected chi connectivity index (χ3v) is 8.08. The molecule has 1 amide bonds. The molecule has 30 heavy (non-hydrogen) atoms. The van der Waals surface area contributed by atoms with E-state index in [1.807, 2.05) is 48.9 Å². The first-order chi connectivity index (χ1) is 14.5. The average Bonchev–Trinajstić information content (AvgIpc) is 3.06. The van der Waals surface area contributed by atoms with Gasteiger partial charge in [0.1, 0.15) is 5.75 Å². The van der Waals surface area contributed by atoms with E-state index in [2.05, 4.69) is 15.5 Å². The molecule has 160 valence electrons. The van der Waals surface area contributed by atoms with Crippen LogP contribution in [0.5, 0.6) is 5.75 Å². The van der Waals surface area contributed by atoms with Gasteiger partial charge in [-0.15, -0.1) is 10.2 Å².